The number of rotatable bonds is 8. The van der Waals surface area contributed by atoms with Gasteiger partial charge < -0.3 is 0 Å². The van der Waals surface area contributed by atoms with Gasteiger partial charge in [-0.05, 0) is 0 Å². The van der Waals surface area contributed by atoms with Crippen molar-refractivity contribution in [1.82, 2.24) is 0 Å². The van der Waals surface area contributed by atoms with Crippen LogP contribution in [0.1, 0.15) is 31.8 Å². The van der Waals surface area contributed by atoms with Gasteiger partial charge in [0.25, 0.3) is 0 Å². The molecule has 0 amide bonds. The van der Waals surface area contributed by atoms with Crippen molar-refractivity contribution >= 4 is 57.3 Å². The topological polar surface area (TPSA) is 139 Å². The van der Waals surface area contributed by atoms with Crippen molar-refractivity contribution in [2.45, 2.75) is 23.6 Å². The van der Waals surface area contributed by atoms with Gasteiger partial charge in [0.1, 0.15) is 0 Å². The van der Waals surface area contributed by atoms with Crippen LogP contribution in [-0.4, -0.2) is 68.1 Å². The quantitative estimate of drug-likeness (QED) is 0.301. The van der Waals surface area contributed by atoms with E-state index in [0.29, 0.717) is 11.1 Å². The molecule has 2 aromatic rings. The Kier molecular flexibility index (Phi) is 8.32. The van der Waals surface area contributed by atoms with Crippen molar-refractivity contribution in [3.05, 3.63) is 58.7 Å². The number of methoxy groups -OCH3 is 2. The minimum absolute atomic E-state index is 0.258. The van der Waals surface area contributed by atoms with Crippen molar-refractivity contribution in [3.63, 3.8) is 0 Å². The van der Waals surface area contributed by atoms with E-state index in [0.717, 1.165) is 14.2 Å². The first kappa shape index (κ1) is 25.4. The molecular weight excluding hydrogens is 648 g/mol. The molecule has 2 rings (SSSR count). The molecular formula is C18H18O10PbS2. The zero-order chi connectivity index (χ0) is 23.4. The van der Waals surface area contributed by atoms with Gasteiger partial charge in [0.15, 0.2) is 0 Å². The zero-order valence-corrected chi connectivity index (χ0v) is 22.4. The Morgan fingerprint density at radius 3 is 1.39 bits per heavy atom. The summed E-state index contributed by atoms with van der Waals surface area (Å²) < 4.78 is 69.2. The zero-order valence-electron chi connectivity index (χ0n) is 16.9. The Balaban J connectivity index is 2.30. The molecule has 0 unspecified atom stereocenters. The molecule has 0 aliphatic heterocycles. The molecule has 31 heavy (non-hydrogen) atoms. The Bertz CT molecular complexity index is 1120. The Morgan fingerprint density at radius 1 is 0.710 bits per heavy atom. The van der Waals surface area contributed by atoms with Crippen molar-refractivity contribution in [3.8, 4) is 0 Å². The van der Waals surface area contributed by atoms with Gasteiger partial charge >= 0.3 is 194 Å². The summed E-state index contributed by atoms with van der Waals surface area (Å²) in [6, 6.07) is 7.96. The summed E-state index contributed by atoms with van der Waals surface area (Å²) in [4.78, 5) is 22.8. The number of aryl methyl sites for hydroxylation is 2. The second kappa shape index (κ2) is 10.2. The van der Waals surface area contributed by atoms with Gasteiger partial charge in [-0.25, -0.2) is 0 Å². The average Bonchev–Trinajstić information content (AvgIpc) is 2.72. The summed E-state index contributed by atoms with van der Waals surface area (Å²) in [7, 11) is -6.83. The first-order chi connectivity index (χ1) is 14.4. The summed E-state index contributed by atoms with van der Waals surface area (Å²) in [5.41, 5.74) is 0.538. The summed E-state index contributed by atoms with van der Waals surface area (Å²) in [6.07, 6.45) is 0. The van der Waals surface area contributed by atoms with Crippen molar-refractivity contribution in [2.75, 3.05) is 14.2 Å². The number of benzene rings is 2. The first-order valence-electron chi connectivity index (χ1n) is 8.43. The van der Waals surface area contributed by atoms with Gasteiger partial charge in [0, 0.05) is 0 Å². The fourth-order valence-corrected chi connectivity index (χ4v) is 9.55. The molecule has 0 spiro atoms. The fourth-order valence-electron chi connectivity index (χ4n) is 2.42. The second-order valence-corrected chi connectivity index (χ2v) is 13.7. The molecule has 2 radical (unpaired) electrons. The molecule has 0 N–H and O–H groups in total. The van der Waals surface area contributed by atoms with Crippen LogP contribution in [0, 0.1) is 13.8 Å². The summed E-state index contributed by atoms with van der Waals surface area (Å²) in [6.45, 7) is 3.21. The monoisotopic (exact) mass is 666 g/mol. The molecule has 0 aliphatic rings. The van der Waals surface area contributed by atoms with Crippen LogP contribution in [0.5, 0.6) is 0 Å². The molecule has 166 valence electrons. The fraction of sp³-hybridized carbons (Fsp3) is 0.222. The van der Waals surface area contributed by atoms with Crippen LogP contribution in [0.4, 0.5) is 0 Å². The van der Waals surface area contributed by atoms with Gasteiger partial charge in [-0.1, -0.05) is 0 Å². The average molecular weight is 666 g/mol. The number of esters is 2. The molecule has 0 saturated heterocycles. The van der Waals surface area contributed by atoms with Crippen LogP contribution in [0.25, 0.3) is 0 Å². The molecule has 0 aliphatic carbocycles. The third-order valence-electron chi connectivity index (χ3n) is 3.91. The van der Waals surface area contributed by atoms with Crippen LogP contribution in [0.15, 0.2) is 46.2 Å². The third-order valence-corrected chi connectivity index (χ3v) is 12.9. The maximum absolute atomic E-state index is 12.6. The van der Waals surface area contributed by atoms with Gasteiger partial charge in [-0.2, -0.15) is 0 Å². The van der Waals surface area contributed by atoms with Crippen LogP contribution < -0.4 is 0 Å². The third kappa shape index (κ3) is 6.09. The van der Waals surface area contributed by atoms with Gasteiger partial charge in [0.05, 0.1) is 0 Å². The van der Waals surface area contributed by atoms with Crippen LogP contribution in [0.2, 0.25) is 0 Å². The van der Waals surface area contributed by atoms with E-state index in [2.05, 4.69) is 9.47 Å². The number of hydrogen-bond acceptors (Lipinski definition) is 10. The predicted octanol–water partition coefficient (Wildman–Crippen LogP) is 1.52. The molecule has 0 heterocycles. The number of carbonyl (C=O) groups excluding carboxylic acids is 2. The molecule has 0 bridgehead atoms. The van der Waals surface area contributed by atoms with E-state index in [4.69, 9.17) is 4.27 Å². The van der Waals surface area contributed by atoms with Gasteiger partial charge in [-0.15, -0.1) is 0 Å². The number of hydrogen-bond donors (Lipinski definition) is 0. The molecule has 0 atom stereocenters. The van der Waals surface area contributed by atoms with E-state index in [1.807, 2.05) is 0 Å². The van der Waals surface area contributed by atoms with Gasteiger partial charge in [0.2, 0.25) is 0 Å². The molecule has 13 heteroatoms. The minimum atomic E-state index is -4.51. The Hall–Kier alpha value is -1.88. The molecule has 0 aromatic heterocycles. The number of carbonyl (C=O) groups is 2. The SMILES string of the molecule is COC(=O)c1ccc(C)cc1S(=O)(=O)[O][Pb][O]S(=O)(=O)c1cc(C)ccc1C(=O)OC. The summed E-state index contributed by atoms with van der Waals surface area (Å²) in [5.74, 6) is -1.79. The molecule has 0 fully saturated rings. The van der Waals surface area contributed by atoms with E-state index in [9.17, 15) is 26.4 Å². The molecule has 2 aromatic carbocycles. The normalized spacial score (nSPS) is 11.7. The van der Waals surface area contributed by atoms with E-state index < -0.39 is 67.1 Å². The van der Waals surface area contributed by atoms with E-state index in [1.54, 1.807) is 13.8 Å². The first-order valence-corrected chi connectivity index (χ1v) is 14.4. The predicted molar refractivity (Wildman–Crippen MR) is 107 cm³/mol. The summed E-state index contributed by atoms with van der Waals surface area (Å²) >= 11 is -3.26. The van der Waals surface area contributed by atoms with Gasteiger partial charge in [-0.3, -0.25) is 0 Å². The maximum atomic E-state index is 12.6. The number of ether oxygens (including phenoxy) is 2. The van der Waals surface area contributed by atoms with E-state index >= 15 is 0 Å². The Morgan fingerprint density at radius 2 is 1.06 bits per heavy atom. The van der Waals surface area contributed by atoms with E-state index in [-0.39, 0.29) is 11.1 Å². The van der Waals surface area contributed by atoms with E-state index in [1.165, 1.54) is 36.4 Å². The van der Waals surface area contributed by atoms with Crippen molar-refractivity contribution < 1.29 is 40.2 Å². The van der Waals surface area contributed by atoms with Crippen molar-refractivity contribution in [2.24, 2.45) is 0 Å². The van der Waals surface area contributed by atoms with Crippen LogP contribution in [-0.2, 0) is 34.0 Å². The molecule has 10 nitrogen and oxygen atoms in total. The second-order valence-electron chi connectivity index (χ2n) is 6.14. The molecule has 0 saturated carbocycles. The van der Waals surface area contributed by atoms with Crippen molar-refractivity contribution in [1.29, 1.82) is 0 Å². The summed E-state index contributed by atoms with van der Waals surface area (Å²) in [5, 5.41) is 0. The van der Waals surface area contributed by atoms with Crippen LogP contribution in [0.3, 0.4) is 0 Å². The standard InChI is InChI=1S/2C9H10O5S.Pb/c2*1-6-3-4-7(9(10)14-2)8(5-6)15(11,12)13;/h2*3-5H,1-2H3,(H,11,12,13);/q;;+2/p-2. The Labute approximate surface area is 193 Å². The van der Waals surface area contributed by atoms with Crippen LogP contribution >= 0.6 is 0 Å².